The lowest BCUT2D eigenvalue weighted by molar-refractivity contribution is 0.595. The number of fused-ring (bicyclic) bond motifs is 6. The van der Waals surface area contributed by atoms with Crippen LogP contribution in [-0.2, 0) is 19.4 Å². The Balaban J connectivity index is 0.910. The zero-order valence-corrected chi connectivity index (χ0v) is 32.9. The van der Waals surface area contributed by atoms with E-state index in [-0.39, 0.29) is 15.2 Å². The van der Waals surface area contributed by atoms with E-state index in [1.54, 1.807) is 24.3 Å². The Kier molecular flexibility index (Phi) is 7.66. The van der Waals surface area contributed by atoms with E-state index in [9.17, 15) is 17.4 Å². The van der Waals surface area contributed by atoms with Crippen LogP contribution >= 0.6 is 0 Å². The van der Waals surface area contributed by atoms with Gasteiger partial charge in [0.2, 0.25) is 15.3 Å². The molecule has 0 saturated carbocycles. The monoisotopic (exact) mass is 804 g/mol. The van der Waals surface area contributed by atoms with Crippen molar-refractivity contribution in [2.75, 3.05) is 9.80 Å². The summed E-state index contributed by atoms with van der Waals surface area (Å²) >= 11 is 0. The van der Waals surface area contributed by atoms with E-state index < -0.39 is 19.4 Å². The summed E-state index contributed by atoms with van der Waals surface area (Å²) in [5, 5.41) is 0.967. The Hall–Kier alpha value is -7.20. The van der Waals surface area contributed by atoms with Gasteiger partial charge in [-0.1, -0.05) is 84.9 Å². The van der Waals surface area contributed by atoms with Gasteiger partial charge >= 0.3 is 0 Å². The first kappa shape index (κ1) is 35.0. The third-order valence-corrected chi connectivity index (χ3v) is 15.3. The van der Waals surface area contributed by atoms with Crippen LogP contribution < -0.4 is 15.2 Å². The van der Waals surface area contributed by atoms with Crippen molar-refractivity contribution in [1.82, 2.24) is 0 Å². The van der Waals surface area contributed by atoms with Crippen molar-refractivity contribution in [3.05, 3.63) is 192 Å². The molecular formula is C50H32N2O5S2. The van der Waals surface area contributed by atoms with Crippen molar-refractivity contribution in [3.63, 3.8) is 0 Å². The van der Waals surface area contributed by atoms with Crippen LogP contribution in [-0.4, -0.2) is 18.5 Å². The van der Waals surface area contributed by atoms with E-state index in [1.807, 2.05) is 163 Å². The molecule has 59 heavy (non-hydrogen) atoms. The van der Waals surface area contributed by atoms with Gasteiger partial charge in [0.25, 0.3) is 0 Å². The van der Waals surface area contributed by atoms with Gasteiger partial charge in [0.15, 0.2) is 0 Å². The molecule has 0 N–H and O–H groups in total. The topological polar surface area (TPSA) is 87.9 Å². The van der Waals surface area contributed by atoms with Gasteiger partial charge < -0.3 is 14.2 Å². The number of sulfone groups is 1. The zero-order chi connectivity index (χ0) is 40.0. The standard InChI is InChI=1S/C50H32N2O5S2/c1-58(54)46-14-6-2-10-40(46)51(41-11-3-7-15-47(41)58)36-26-20-33(21-27-36)35-22-28-38-45(31-35)57-44-29-23-34(30-39(44)50(38)53)32-18-24-37(25-19-32)52-42-12-4-8-16-48(42)59(55,56)49-17-9-5-13-43(49)52/h2-31H,1H2. The highest BCUT2D eigenvalue weighted by atomic mass is 32.2. The molecule has 2 aliphatic heterocycles. The lowest BCUT2D eigenvalue weighted by Crippen LogP contribution is -2.21. The predicted octanol–water partition coefficient (Wildman–Crippen LogP) is 11.8. The first-order valence-corrected chi connectivity index (χ1v) is 22.2. The fourth-order valence-corrected chi connectivity index (χ4v) is 11.9. The summed E-state index contributed by atoms with van der Waals surface area (Å²) in [6.07, 6.45) is 0. The number of para-hydroxylation sites is 4. The quantitative estimate of drug-likeness (QED) is 0.129. The van der Waals surface area contributed by atoms with Crippen LogP contribution in [0.2, 0.25) is 0 Å². The van der Waals surface area contributed by atoms with Gasteiger partial charge in [-0.25, -0.2) is 8.42 Å². The van der Waals surface area contributed by atoms with E-state index in [0.29, 0.717) is 43.1 Å². The summed E-state index contributed by atoms with van der Waals surface area (Å²) in [7, 11) is -6.34. The predicted molar refractivity (Wildman–Crippen MR) is 237 cm³/mol. The minimum absolute atomic E-state index is 0.117. The molecule has 0 unspecified atom stereocenters. The summed E-state index contributed by atoms with van der Waals surface area (Å²) in [5.74, 6) is 4.15. The summed E-state index contributed by atoms with van der Waals surface area (Å²) in [4.78, 5) is 20.0. The van der Waals surface area contributed by atoms with Crippen LogP contribution in [0, 0.1) is 0 Å². The fraction of sp³-hybridized carbons (Fsp3) is 0. The summed E-state index contributed by atoms with van der Waals surface area (Å²) in [6, 6.07) is 56.9. The third-order valence-electron chi connectivity index (χ3n) is 11.3. The normalized spacial score (nSPS) is 14.6. The van der Waals surface area contributed by atoms with E-state index in [2.05, 4.69) is 10.8 Å². The minimum atomic E-state index is -3.67. The van der Waals surface area contributed by atoms with Crippen molar-refractivity contribution in [2.24, 2.45) is 0 Å². The van der Waals surface area contributed by atoms with Crippen LogP contribution in [0.1, 0.15) is 0 Å². The highest BCUT2D eigenvalue weighted by molar-refractivity contribution is 8.00. The first-order chi connectivity index (χ1) is 28.7. The Labute approximate surface area is 340 Å². The molecule has 0 amide bonds. The lowest BCUT2D eigenvalue weighted by Gasteiger charge is -2.35. The number of hydrogen-bond acceptors (Lipinski definition) is 7. The lowest BCUT2D eigenvalue weighted by atomic mass is 10.0. The SMILES string of the molecule is C=S1(=O)c2ccccc2N(c2ccc(-c3ccc4c(=O)c5cc(-c6ccc(N7c8ccccc8S(=O)(=O)c8ccccc87)cc6)ccc5oc4c3)cc2)c2ccccc21. The molecule has 9 aromatic rings. The second-order valence-corrected chi connectivity index (χ2v) is 18.8. The first-order valence-electron chi connectivity index (χ1n) is 19.0. The maximum Gasteiger partial charge on any atom is 0.210 e. The van der Waals surface area contributed by atoms with Crippen LogP contribution in [0.15, 0.2) is 211 Å². The average Bonchev–Trinajstić information content (AvgIpc) is 3.27. The number of hydrogen-bond donors (Lipinski definition) is 0. The van der Waals surface area contributed by atoms with E-state index in [4.69, 9.17) is 4.42 Å². The highest BCUT2D eigenvalue weighted by Crippen LogP contribution is 2.49. The van der Waals surface area contributed by atoms with Crippen LogP contribution in [0.5, 0.6) is 0 Å². The highest BCUT2D eigenvalue weighted by Gasteiger charge is 2.34. The maximum absolute atomic E-state index is 14.0. The third kappa shape index (κ3) is 5.32. The van der Waals surface area contributed by atoms with Crippen molar-refractivity contribution >= 4 is 81.3 Å². The van der Waals surface area contributed by atoms with Crippen LogP contribution in [0.4, 0.5) is 34.1 Å². The van der Waals surface area contributed by atoms with E-state index >= 15 is 0 Å². The molecular weight excluding hydrogens is 773 g/mol. The van der Waals surface area contributed by atoms with Crippen molar-refractivity contribution in [2.45, 2.75) is 19.6 Å². The van der Waals surface area contributed by atoms with Gasteiger partial charge in [-0.2, -0.15) is 0 Å². The van der Waals surface area contributed by atoms with Gasteiger partial charge in [0.05, 0.1) is 53.1 Å². The Morgan fingerprint density at radius 3 is 1.32 bits per heavy atom. The summed E-state index contributed by atoms with van der Waals surface area (Å²) in [5.41, 5.74) is 9.08. The average molecular weight is 805 g/mol. The van der Waals surface area contributed by atoms with Gasteiger partial charge in [0.1, 0.15) is 11.2 Å². The molecule has 2 aliphatic rings. The number of rotatable bonds is 4. The Bertz CT molecular complexity index is 3400. The molecule has 0 saturated heterocycles. The Morgan fingerprint density at radius 2 is 0.814 bits per heavy atom. The van der Waals surface area contributed by atoms with Gasteiger partial charge in [-0.15, -0.1) is 0 Å². The molecule has 0 fully saturated rings. The number of benzene rings is 8. The molecule has 284 valence electrons. The van der Waals surface area contributed by atoms with E-state index in [1.165, 1.54) is 0 Å². The van der Waals surface area contributed by atoms with Crippen LogP contribution in [0.3, 0.4) is 0 Å². The molecule has 0 bridgehead atoms. The molecule has 7 nitrogen and oxygen atoms in total. The van der Waals surface area contributed by atoms with Gasteiger partial charge in [0, 0.05) is 20.9 Å². The zero-order valence-electron chi connectivity index (χ0n) is 31.3. The van der Waals surface area contributed by atoms with Gasteiger partial charge in [-0.3, -0.25) is 9.00 Å². The summed E-state index contributed by atoms with van der Waals surface area (Å²) in [6.45, 7) is 0. The van der Waals surface area contributed by atoms with E-state index in [0.717, 1.165) is 45.0 Å². The second kappa shape index (κ2) is 12.9. The van der Waals surface area contributed by atoms with Gasteiger partial charge in [-0.05, 0) is 125 Å². The number of anilines is 6. The van der Waals surface area contributed by atoms with Crippen molar-refractivity contribution in [3.8, 4) is 22.3 Å². The molecule has 0 atom stereocenters. The smallest absolute Gasteiger partial charge is 0.210 e. The molecule has 11 rings (SSSR count). The second-order valence-electron chi connectivity index (χ2n) is 14.7. The molecule has 0 radical (unpaired) electrons. The Morgan fingerprint density at radius 1 is 0.407 bits per heavy atom. The molecule has 3 heterocycles. The molecule has 1 aromatic heterocycles. The fourth-order valence-electron chi connectivity index (χ4n) is 8.45. The molecule has 0 spiro atoms. The maximum atomic E-state index is 14.0. The number of nitrogens with zero attached hydrogens (tertiary/aromatic N) is 2. The minimum Gasteiger partial charge on any atom is -0.456 e. The molecule has 9 heteroatoms. The van der Waals surface area contributed by atoms with Crippen molar-refractivity contribution in [1.29, 1.82) is 0 Å². The largest absolute Gasteiger partial charge is 0.456 e. The van der Waals surface area contributed by atoms with Crippen LogP contribution in [0.25, 0.3) is 44.2 Å². The molecule has 8 aromatic carbocycles. The summed E-state index contributed by atoms with van der Waals surface area (Å²) < 4.78 is 47.3. The molecule has 0 aliphatic carbocycles. The van der Waals surface area contributed by atoms with Crippen molar-refractivity contribution < 1.29 is 17.0 Å².